The summed E-state index contributed by atoms with van der Waals surface area (Å²) in [6.45, 7) is 1.22. The smallest absolute Gasteiger partial charge is 0.262 e. The first-order valence-corrected chi connectivity index (χ1v) is 5.14. The molecule has 0 aliphatic carbocycles. The zero-order valence-electron chi connectivity index (χ0n) is 9.57. The maximum Gasteiger partial charge on any atom is 0.262 e. The number of aryl methyl sites for hydroxylation is 1. The molecule has 102 valence electrons. The van der Waals surface area contributed by atoms with Crippen LogP contribution in [-0.4, -0.2) is 34.6 Å². The molecule has 6 nitrogen and oxygen atoms in total. The van der Waals surface area contributed by atoms with Gasteiger partial charge in [-0.05, 0) is 6.92 Å². The Morgan fingerprint density at radius 2 is 2.39 bits per heavy atom. The summed E-state index contributed by atoms with van der Waals surface area (Å²) in [4.78, 5) is 15.4. The summed E-state index contributed by atoms with van der Waals surface area (Å²) in [5.41, 5.74) is 0. The van der Waals surface area contributed by atoms with Crippen LogP contribution in [0.15, 0.2) is 4.52 Å². The van der Waals surface area contributed by atoms with Crippen molar-refractivity contribution in [1.82, 2.24) is 20.8 Å². The van der Waals surface area contributed by atoms with Gasteiger partial charge in [0.15, 0.2) is 5.82 Å². The van der Waals surface area contributed by atoms with Gasteiger partial charge in [0.05, 0.1) is 19.1 Å². The number of rotatable bonds is 3. The zero-order valence-corrected chi connectivity index (χ0v) is 10.4. The molecule has 18 heavy (non-hydrogen) atoms. The molecule has 0 spiro atoms. The van der Waals surface area contributed by atoms with Crippen LogP contribution in [0.4, 0.5) is 8.78 Å². The molecule has 9 heteroatoms. The maximum absolute atomic E-state index is 12.8. The molecule has 1 atom stereocenters. The summed E-state index contributed by atoms with van der Waals surface area (Å²) >= 11 is 0. The molecule has 1 fully saturated rings. The predicted octanol–water partition coefficient (Wildman–Crippen LogP) is 0.413. The van der Waals surface area contributed by atoms with Gasteiger partial charge in [-0.3, -0.25) is 10.1 Å². The minimum absolute atomic E-state index is 0. The molecule has 1 unspecified atom stereocenters. The Hall–Kier alpha value is -1.28. The molecule has 2 heterocycles. The van der Waals surface area contributed by atoms with Gasteiger partial charge >= 0.3 is 0 Å². The summed E-state index contributed by atoms with van der Waals surface area (Å²) in [5.74, 6) is -2.60. The third-order valence-electron chi connectivity index (χ3n) is 2.41. The number of halogens is 3. The molecule has 2 N–H and O–H groups in total. The summed E-state index contributed by atoms with van der Waals surface area (Å²) in [5, 5.41) is 8.46. The van der Waals surface area contributed by atoms with Gasteiger partial charge in [0.2, 0.25) is 11.8 Å². The first-order valence-electron chi connectivity index (χ1n) is 5.14. The molecule has 0 aromatic carbocycles. The van der Waals surface area contributed by atoms with Crippen LogP contribution in [0, 0.1) is 6.92 Å². The molecule has 1 amide bonds. The van der Waals surface area contributed by atoms with E-state index in [1.807, 2.05) is 0 Å². The van der Waals surface area contributed by atoms with Crippen LogP contribution in [0.3, 0.4) is 0 Å². The summed E-state index contributed by atoms with van der Waals surface area (Å²) in [6, 6.07) is -0.867. The standard InChI is InChI=1S/C9H12F2N4O2.ClH/c1-5-14-7(17-15-5)3-12-8(16)6-2-9(10,11)4-13-6;/h6,13H,2-4H2,1H3,(H,12,16);1H. The summed E-state index contributed by atoms with van der Waals surface area (Å²) in [6.07, 6.45) is -0.484. The second-order valence-corrected chi connectivity index (χ2v) is 3.95. The van der Waals surface area contributed by atoms with E-state index in [4.69, 9.17) is 4.52 Å². The van der Waals surface area contributed by atoms with Crippen LogP contribution in [0.1, 0.15) is 18.1 Å². The number of carbonyl (C=O) groups is 1. The number of alkyl halides is 2. The van der Waals surface area contributed by atoms with Crippen molar-refractivity contribution in [3.8, 4) is 0 Å². The van der Waals surface area contributed by atoms with E-state index >= 15 is 0 Å². The predicted molar refractivity (Wildman–Crippen MR) is 59.5 cm³/mol. The second kappa shape index (κ2) is 5.57. The molecule has 1 aromatic heterocycles. The molecule has 1 aromatic rings. The van der Waals surface area contributed by atoms with Crippen molar-refractivity contribution in [3.05, 3.63) is 11.7 Å². The van der Waals surface area contributed by atoms with E-state index in [1.54, 1.807) is 6.92 Å². The zero-order chi connectivity index (χ0) is 12.5. The molecule has 1 aliphatic rings. The Balaban J connectivity index is 0.00000162. The van der Waals surface area contributed by atoms with E-state index in [0.29, 0.717) is 5.82 Å². The fraction of sp³-hybridized carbons (Fsp3) is 0.667. The van der Waals surface area contributed by atoms with Crippen LogP contribution in [0.2, 0.25) is 0 Å². The highest BCUT2D eigenvalue weighted by atomic mass is 35.5. The Labute approximate surface area is 108 Å². The lowest BCUT2D eigenvalue weighted by atomic mass is 10.2. The Morgan fingerprint density at radius 3 is 2.89 bits per heavy atom. The van der Waals surface area contributed by atoms with Gasteiger partial charge < -0.3 is 9.84 Å². The van der Waals surface area contributed by atoms with E-state index in [0.717, 1.165) is 0 Å². The van der Waals surface area contributed by atoms with E-state index in [1.165, 1.54) is 0 Å². The van der Waals surface area contributed by atoms with Crippen molar-refractivity contribution in [2.75, 3.05) is 6.54 Å². The Morgan fingerprint density at radius 1 is 1.67 bits per heavy atom. The van der Waals surface area contributed by atoms with Gasteiger partial charge in [0.25, 0.3) is 5.92 Å². The first-order chi connectivity index (χ1) is 7.96. The third-order valence-corrected chi connectivity index (χ3v) is 2.41. The SMILES string of the molecule is Cc1noc(CNC(=O)C2CC(F)(F)CN2)n1.Cl. The maximum atomic E-state index is 12.8. The average molecular weight is 283 g/mol. The fourth-order valence-corrected chi connectivity index (χ4v) is 1.60. The number of amides is 1. The topological polar surface area (TPSA) is 80.0 Å². The van der Waals surface area contributed by atoms with Crippen molar-refractivity contribution in [3.63, 3.8) is 0 Å². The quantitative estimate of drug-likeness (QED) is 0.839. The fourth-order valence-electron chi connectivity index (χ4n) is 1.60. The van der Waals surface area contributed by atoms with Crippen molar-refractivity contribution in [2.45, 2.75) is 31.9 Å². The van der Waals surface area contributed by atoms with Gasteiger partial charge in [-0.15, -0.1) is 12.4 Å². The van der Waals surface area contributed by atoms with Crippen molar-refractivity contribution < 1.29 is 18.1 Å². The molecule has 1 saturated heterocycles. The second-order valence-electron chi connectivity index (χ2n) is 3.95. The lowest BCUT2D eigenvalue weighted by Crippen LogP contribution is -2.40. The van der Waals surface area contributed by atoms with Crippen LogP contribution >= 0.6 is 12.4 Å². The van der Waals surface area contributed by atoms with E-state index in [-0.39, 0.29) is 24.8 Å². The number of hydrogen-bond acceptors (Lipinski definition) is 5. The lowest BCUT2D eigenvalue weighted by Gasteiger charge is -2.09. The molecule has 1 aliphatic heterocycles. The lowest BCUT2D eigenvalue weighted by molar-refractivity contribution is -0.123. The van der Waals surface area contributed by atoms with Crippen molar-refractivity contribution in [2.24, 2.45) is 0 Å². The first kappa shape index (κ1) is 14.8. The minimum atomic E-state index is -2.82. The van der Waals surface area contributed by atoms with Gasteiger partial charge in [-0.2, -0.15) is 4.98 Å². The van der Waals surface area contributed by atoms with Gasteiger partial charge in [0, 0.05) is 6.42 Å². The normalized spacial score (nSPS) is 21.4. The highest BCUT2D eigenvalue weighted by Crippen LogP contribution is 2.24. The molecule has 2 rings (SSSR count). The Kier molecular flexibility index (Phi) is 4.58. The molecule has 0 bridgehead atoms. The molecule has 0 saturated carbocycles. The number of carbonyl (C=O) groups excluding carboxylic acids is 1. The van der Waals surface area contributed by atoms with Gasteiger partial charge in [-0.25, -0.2) is 8.78 Å². The number of aromatic nitrogens is 2. The largest absolute Gasteiger partial charge is 0.346 e. The number of hydrogen-bond donors (Lipinski definition) is 2. The van der Waals surface area contributed by atoms with Crippen molar-refractivity contribution in [1.29, 1.82) is 0 Å². The number of nitrogens with zero attached hydrogens (tertiary/aromatic N) is 2. The third kappa shape index (κ3) is 3.61. The van der Waals surface area contributed by atoms with Crippen LogP contribution in [-0.2, 0) is 11.3 Å². The average Bonchev–Trinajstić information content (AvgIpc) is 2.81. The summed E-state index contributed by atoms with van der Waals surface area (Å²) in [7, 11) is 0. The van der Waals surface area contributed by atoms with E-state index < -0.39 is 30.8 Å². The van der Waals surface area contributed by atoms with Crippen LogP contribution < -0.4 is 10.6 Å². The Bertz CT molecular complexity index is 426. The van der Waals surface area contributed by atoms with Crippen LogP contribution in [0.5, 0.6) is 0 Å². The van der Waals surface area contributed by atoms with Gasteiger partial charge in [0.1, 0.15) is 0 Å². The highest BCUT2D eigenvalue weighted by molar-refractivity contribution is 5.85. The number of nitrogens with one attached hydrogen (secondary N) is 2. The highest BCUT2D eigenvalue weighted by Gasteiger charge is 2.42. The van der Waals surface area contributed by atoms with Crippen LogP contribution in [0.25, 0.3) is 0 Å². The van der Waals surface area contributed by atoms with Gasteiger partial charge in [-0.1, -0.05) is 5.16 Å². The molecular formula is C9H13ClF2N4O2. The van der Waals surface area contributed by atoms with E-state index in [9.17, 15) is 13.6 Å². The summed E-state index contributed by atoms with van der Waals surface area (Å²) < 4.78 is 30.5. The van der Waals surface area contributed by atoms with Crippen molar-refractivity contribution >= 4 is 18.3 Å². The molecular weight excluding hydrogens is 270 g/mol. The monoisotopic (exact) mass is 282 g/mol. The minimum Gasteiger partial charge on any atom is -0.346 e. The van der Waals surface area contributed by atoms with E-state index in [2.05, 4.69) is 20.8 Å². The molecule has 0 radical (unpaired) electrons.